The monoisotopic (exact) mass is 278 g/mol. The van der Waals surface area contributed by atoms with Crippen LogP contribution in [0.5, 0.6) is 0 Å². The number of rotatable bonds is 0. The van der Waals surface area contributed by atoms with Crippen molar-refractivity contribution in [1.29, 1.82) is 0 Å². The lowest BCUT2D eigenvalue weighted by Gasteiger charge is -2.51. The van der Waals surface area contributed by atoms with Crippen LogP contribution in [0.3, 0.4) is 0 Å². The fraction of sp³-hybridized carbons (Fsp3) is 0.800. The van der Waals surface area contributed by atoms with Crippen LogP contribution in [-0.2, 0) is 19.0 Å². The molecule has 108 valence electrons. The van der Waals surface area contributed by atoms with Crippen LogP contribution in [0, 0.1) is 5.41 Å². The molecule has 3 heterocycles. The number of carbonyl (C=O) groups is 1. The smallest absolute Gasteiger partial charge is 0.206 e. The maximum absolute atomic E-state index is 11.7. The number of allylic oxidation sites excluding steroid dienone is 1. The minimum atomic E-state index is -1.34. The highest BCUT2D eigenvalue weighted by Gasteiger charge is 2.88. The maximum atomic E-state index is 11.7. The quantitative estimate of drug-likeness (QED) is 0.717. The molecule has 0 amide bonds. The molecule has 0 aromatic carbocycles. The zero-order valence-corrected chi connectivity index (χ0v) is 11.4. The number of hydrogen-bond donors (Lipinski definition) is 1. The first-order valence-electron chi connectivity index (χ1n) is 7.46. The Morgan fingerprint density at radius 1 is 1.30 bits per heavy atom. The Morgan fingerprint density at radius 3 is 2.95 bits per heavy atom. The van der Waals surface area contributed by atoms with Gasteiger partial charge in [-0.3, -0.25) is 4.79 Å². The minimum absolute atomic E-state index is 0.0169. The molecule has 3 aliphatic heterocycles. The van der Waals surface area contributed by atoms with Crippen LogP contribution < -0.4 is 0 Å². The highest BCUT2D eigenvalue weighted by Crippen LogP contribution is 2.73. The van der Waals surface area contributed by atoms with Crippen molar-refractivity contribution >= 4 is 5.78 Å². The van der Waals surface area contributed by atoms with Gasteiger partial charge in [0.1, 0.15) is 11.7 Å². The van der Waals surface area contributed by atoms with Crippen LogP contribution in [0.2, 0.25) is 0 Å². The Labute approximate surface area is 116 Å². The van der Waals surface area contributed by atoms with Gasteiger partial charge in [0.05, 0.1) is 5.41 Å². The third kappa shape index (κ3) is 0.923. The summed E-state index contributed by atoms with van der Waals surface area (Å²) in [7, 11) is 0. The summed E-state index contributed by atoms with van der Waals surface area (Å²) in [5.74, 6) is -2.08. The van der Waals surface area contributed by atoms with Gasteiger partial charge in [-0.25, -0.2) is 0 Å². The summed E-state index contributed by atoms with van der Waals surface area (Å²) < 4.78 is 18.6. The van der Waals surface area contributed by atoms with Gasteiger partial charge in [-0.2, -0.15) is 0 Å². The fourth-order valence-electron chi connectivity index (χ4n) is 5.07. The topological polar surface area (TPSA) is 65.0 Å². The van der Waals surface area contributed by atoms with Crippen molar-refractivity contribution < 1.29 is 24.1 Å². The van der Waals surface area contributed by atoms with Crippen molar-refractivity contribution in [3.05, 3.63) is 12.2 Å². The molecule has 0 aromatic heterocycles. The van der Waals surface area contributed by atoms with E-state index in [1.54, 1.807) is 12.2 Å². The number of fused-ring (bicyclic) bond motifs is 1. The summed E-state index contributed by atoms with van der Waals surface area (Å²) in [6, 6.07) is 0. The van der Waals surface area contributed by atoms with Crippen LogP contribution in [-0.4, -0.2) is 40.3 Å². The zero-order valence-electron chi connectivity index (χ0n) is 11.4. The highest BCUT2D eigenvalue weighted by atomic mass is 16.8. The Hall–Kier alpha value is -0.750. The molecule has 2 spiro atoms. The predicted molar refractivity (Wildman–Crippen MR) is 66.6 cm³/mol. The number of ether oxygens (including phenoxy) is 3. The van der Waals surface area contributed by atoms with Crippen molar-refractivity contribution in [2.75, 3.05) is 0 Å². The SMILES string of the molecule is C[C@]12CCCC[C@@]13O[C@@H]1[C@]4(C=CC(=O)C[C@@H]4O[C@@]12O)O3. The molecule has 4 fully saturated rings. The van der Waals surface area contributed by atoms with Crippen LogP contribution >= 0.6 is 0 Å². The van der Waals surface area contributed by atoms with Crippen molar-refractivity contribution in [2.45, 2.75) is 68.4 Å². The van der Waals surface area contributed by atoms with Crippen LogP contribution in [0.4, 0.5) is 0 Å². The molecule has 2 aliphatic carbocycles. The summed E-state index contributed by atoms with van der Waals surface area (Å²) in [5.41, 5.74) is -1.33. The first-order chi connectivity index (χ1) is 9.46. The lowest BCUT2D eigenvalue weighted by Crippen LogP contribution is -2.64. The van der Waals surface area contributed by atoms with Gasteiger partial charge in [0.25, 0.3) is 0 Å². The molecule has 20 heavy (non-hydrogen) atoms. The van der Waals surface area contributed by atoms with Crippen LogP contribution in [0.25, 0.3) is 0 Å². The van der Waals surface area contributed by atoms with Crippen molar-refractivity contribution in [3.63, 3.8) is 0 Å². The molecular weight excluding hydrogens is 260 g/mol. The van der Waals surface area contributed by atoms with Gasteiger partial charge in [-0.1, -0.05) is 6.42 Å². The van der Waals surface area contributed by atoms with E-state index in [0.29, 0.717) is 0 Å². The molecule has 6 atom stereocenters. The molecule has 1 saturated carbocycles. The lowest BCUT2D eigenvalue weighted by molar-refractivity contribution is -0.301. The van der Waals surface area contributed by atoms with E-state index in [9.17, 15) is 9.90 Å². The molecule has 5 rings (SSSR count). The minimum Gasteiger partial charge on any atom is -0.363 e. The maximum Gasteiger partial charge on any atom is 0.206 e. The second-order valence-electron chi connectivity index (χ2n) is 7.05. The third-order valence-corrected chi connectivity index (χ3v) is 6.22. The average Bonchev–Trinajstić information content (AvgIpc) is 2.90. The standard InChI is InChI=1S/C15H18O5/c1-12-5-2-3-6-14(12)19-11-13(20-14)7-4-9(16)8-10(13)18-15(11,12)17/h4,7,10-11,17H,2-3,5-6,8H2,1H3/t10-,11+,12-,13+,14-,15-/m0/s1. The number of aliphatic hydroxyl groups is 1. The van der Waals surface area contributed by atoms with Crippen molar-refractivity contribution in [1.82, 2.24) is 0 Å². The van der Waals surface area contributed by atoms with Crippen molar-refractivity contribution in [3.8, 4) is 0 Å². The molecule has 5 aliphatic rings. The van der Waals surface area contributed by atoms with E-state index >= 15 is 0 Å². The Kier molecular flexibility index (Phi) is 1.80. The first kappa shape index (κ1) is 11.9. The van der Waals surface area contributed by atoms with Gasteiger partial charge in [0.15, 0.2) is 17.7 Å². The van der Waals surface area contributed by atoms with Crippen LogP contribution in [0.15, 0.2) is 12.2 Å². The summed E-state index contributed by atoms with van der Waals surface area (Å²) >= 11 is 0. The molecule has 1 N–H and O–H groups in total. The molecule has 5 heteroatoms. The van der Waals surface area contributed by atoms with Gasteiger partial charge in [-0.15, -0.1) is 0 Å². The fourth-order valence-corrected chi connectivity index (χ4v) is 5.07. The van der Waals surface area contributed by atoms with Gasteiger partial charge in [0.2, 0.25) is 5.79 Å². The Morgan fingerprint density at radius 2 is 2.10 bits per heavy atom. The average molecular weight is 278 g/mol. The molecule has 0 unspecified atom stereocenters. The van der Waals surface area contributed by atoms with Crippen molar-refractivity contribution in [2.24, 2.45) is 5.41 Å². The van der Waals surface area contributed by atoms with Gasteiger partial charge < -0.3 is 19.3 Å². The van der Waals surface area contributed by atoms with E-state index in [1.165, 1.54) is 0 Å². The second-order valence-corrected chi connectivity index (χ2v) is 7.05. The molecule has 0 aromatic rings. The van der Waals surface area contributed by atoms with E-state index in [2.05, 4.69) is 0 Å². The summed E-state index contributed by atoms with van der Waals surface area (Å²) in [5, 5.41) is 11.2. The van der Waals surface area contributed by atoms with Crippen LogP contribution in [0.1, 0.15) is 39.0 Å². The molecule has 0 radical (unpaired) electrons. The largest absolute Gasteiger partial charge is 0.363 e. The zero-order chi connectivity index (χ0) is 13.8. The summed E-state index contributed by atoms with van der Waals surface area (Å²) in [6.45, 7) is 2.00. The number of ketones is 1. The van der Waals surface area contributed by atoms with E-state index in [-0.39, 0.29) is 12.2 Å². The van der Waals surface area contributed by atoms with E-state index < -0.39 is 34.8 Å². The molecule has 3 saturated heterocycles. The normalized spacial score (nSPS) is 62.6. The highest BCUT2D eigenvalue weighted by molar-refractivity contribution is 5.91. The summed E-state index contributed by atoms with van der Waals surface area (Å²) in [6.07, 6.45) is 6.27. The van der Waals surface area contributed by atoms with E-state index in [4.69, 9.17) is 14.2 Å². The summed E-state index contributed by atoms with van der Waals surface area (Å²) in [4.78, 5) is 11.7. The third-order valence-electron chi connectivity index (χ3n) is 6.22. The van der Waals surface area contributed by atoms with Gasteiger partial charge >= 0.3 is 0 Å². The molecule has 2 bridgehead atoms. The predicted octanol–water partition coefficient (Wildman–Crippen LogP) is 1.05. The Balaban J connectivity index is 1.73. The second kappa shape index (κ2) is 3.04. The van der Waals surface area contributed by atoms with Gasteiger partial charge in [-0.05, 0) is 31.9 Å². The lowest BCUT2D eigenvalue weighted by atomic mass is 9.63. The number of carbonyl (C=O) groups excluding carboxylic acids is 1. The van der Waals surface area contributed by atoms with Gasteiger partial charge in [0, 0.05) is 12.8 Å². The number of hydrogen-bond acceptors (Lipinski definition) is 5. The van der Waals surface area contributed by atoms with E-state index in [1.807, 2.05) is 6.92 Å². The molecule has 5 nitrogen and oxygen atoms in total. The Bertz CT molecular complexity index is 558. The van der Waals surface area contributed by atoms with E-state index in [0.717, 1.165) is 25.7 Å². The first-order valence-corrected chi connectivity index (χ1v) is 7.46. The molecular formula is C15H18O5.